The van der Waals surface area contributed by atoms with Crippen LogP contribution < -0.4 is 15.8 Å². The zero-order valence-corrected chi connectivity index (χ0v) is 20.1. The molecule has 180 valence electrons. The smallest absolute Gasteiger partial charge is 0.267 e. The molecule has 2 aliphatic rings. The predicted molar refractivity (Wildman–Crippen MR) is 127 cm³/mol. The molecule has 0 radical (unpaired) electrons. The van der Waals surface area contributed by atoms with E-state index in [2.05, 4.69) is 5.32 Å². The summed E-state index contributed by atoms with van der Waals surface area (Å²) in [5, 5.41) is 12.3. The zero-order valence-electron chi connectivity index (χ0n) is 19.3. The van der Waals surface area contributed by atoms with Crippen LogP contribution in [0.4, 0.5) is 5.82 Å². The van der Waals surface area contributed by atoms with E-state index in [1.807, 2.05) is 37.8 Å². The van der Waals surface area contributed by atoms with Crippen molar-refractivity contribution in [2.45, 2.75) is 45.4 Å². The summed E-state index contributed by atoms with van der Waals surface area (Å²) in [6.07, 6.45) is 2.95. The number of morpholine rings is 1. The summed E-state index contributed by atoms with van der Waals surface area (Å²) < 4.78 is 30.7. The van der Waals surface area contributed by atoms with Crippen LogP contribution in [0.2, 0.25) is 0 Å². The van der Waals surface area contributed by atoms with Gasteiger partial charge < -0.3 is 15.0 Å². The van der Waals surface area contributed by atoms with Gasteiger partial charge >= 0.3 is 0 Å². The molecule has 0 spiro atoms. The Bertz CT molecular complexity index is 1360. The summed E-state index contributed by atoms with van der Waals surface area (Å²) in [6.45, 7) is 6.71. The number of rotatable bonds is 4. The van der Waals surface area contributed by atoms with Crippen molar-refractivity contribution in [3.8, 4) is 6.07 Å². The first-order chi connectivity index (χ1) is 16.1. The molecule has 2 saturated heterocycles. The third-order valence-corrected chi connectivity index (χ3v) is 7.77. The zero-order chi connectivity index (χ0) is 24.6. The van der Waals surface area contributed by atoms with E-state index in [0.29, 0.717) is 31.0 Å². The fourth-order valence-corrected chi connectivity index (χ4v) is 6.16. The molecule has 34 heavy (non-hydrogen) atoms. The summed E-state index contributed by atoms with van der Waals surface area (Å²) in [5.74, 6) is -0.499. The number of hydrogen-bond acceptors (Lipinski definition) is 8. The molecule has 4 rings (SSSR count). The Kier molecular flexibility index (Phi) is 6.47. The van der Waals surface area contributed by atoms with Gasteiger partial charge in [-0.3, -0.25) is 14.0 Å². The molecule has 0 saturated carbocycles. The highest BCUT2D eigenvalue weighted by Crippen LogP contribution is 2.24. The third-order valence-electron chi connectivity index (χ3n) is 6.00. The number of sulfone groups is 1. The molecule has 0 bridgehead atoms. The number of nitrogens with zero attached hydrogens (tertiary/aromatic N) is 4. The molecule has 11 heteroatoms. The first-order valence-corrected chi connectivity index (χ1v) is 13.0. The minimum absolute atomic E-state index is 0.00358. The van der Waals surface area contributed by atoms with Gasteiger partial charge in [0.15, 0.2) is 9.84 Å². The number of aromatic nitrogens is 2. The lowest BCUT2D eigenvalue weighted by molar-refractivity contribution is -0.117. The average molecular weight is 486 g/mol. The predicted octanol–water partition coefficient (Wildman–Crippen LogP) is 0.827. The van der Waals surface area contributed by atoms with E-state index in [4.69, 9.17) is 9.72 Å². The van der Waals surface area contributed by atoms with Crippen LogP contribution in [0.1, 0.15) is 31.4 Å². The molecular formula is C23H27N5O5S. The molecule has 1 amide bonds. The first kappa shape index (κ1) is 23.9. The Labute approximate surface area is 197 Å². The Hall–Kier alpha value is -3.23. The summed E-state index contributed by atoms with van der Waals surface area (Å²) in [4.78, 5) is 33.0. The van der Waals surface area contributed by atoms with Crippen LogP contribution >= 0.6 is 0 Å². The molecule has 0 unspecified atom stereocenters. The average Bonchev–Trinajstić information content (AvgIpc) is 3.10. The van der Waals surface area contributed by atoms with E-state index >= 15 is 0 Å². The largest absolute Gasteiger partial charge is 0.372 e. The summed E-state index contributed by atoms with van der Waals surface area (Å²) in [6, 6.07) is 4.89. The van der Waals surface area contributed by atoms with E-state index in [1.165, 1.54) is 10.5 Å². The van der Waals surface area contributed by atoms with E-state index in [1.54, 1.807) is 12.3 Å². The normalized spacial score (nSPS) is 24.7. The number of fused-ring (bicyclic) bond motifs is 1. The Morgan fingerprint density at radius 2 is 2.03 bits per heavy atom. The number of anilines is 1. The highest BCUT2D eigenvalue weighted by atomic mass is 32.2. The van der Waals surface area contributed by atoms with Gasteiger partial charge in [0.05, 0.1) is 29.3 Å². The topological polar surface area (TPSA) is 134 Å². The highest BCUT2D eigenvalue weighted by molar-refractivity contribution is 7.91. The van der Waals surface area contributed by atoms with Gasteiger partial charge in [0.2, 0.25) is 0 Å². The van der Waals surface area contributed by atoms with Crippen molar-refractivity contribution in [1.29, 1.82) is 5.26 Å². The Morgan fingerprint density at radius 3 is 2.65 bits per heavy atom. The minimum atomic E-state index is -3.20. The molecule has 0 aliphatic carbocycles. The number of amides is 1. The molecule has 10 nitrogen and oxygen atoms in total. The maximum atomic E-state index is 13.5. The molecule has 1 N–H and O–H groups in total. The standard InChI is InChI=1S/C23H27N5O5S/c1-14-5-4-7-28-20(14)26-21(27-11-15(2)33-16(3)12-27)19(23(28)30)9-17(10-24)22(29)25-18-6-8-34(31,32)13-18/h4-5,7,9,15-16,18H,6,8,11-13H2,1-3H3,(H,25,29)/b17-9+/t15-,16+,18-/m0/s1. The number of aryl methyl sites for hydroxylation is 1. The second-order valence-electron chi connectivity index (χ2n) is 8.94. The van der Waals surface area contributed by atoms with Crippen molar-refractivity contribution in [3.05, 3.63) is 45.4 Å². The lowest BCUT2D eigenvalue weighted by Gasteiger charge is -2.36. The lowest BCUT2D eigenvalue weighted by Crippen LogP contribution is -2.46. The van der Waals surface area contributed by atoms with Crippen LogP contribution in [-0.2, 0) is 19.4 Å². The van der Waals surface area contributed by atoms with Crippen LogP contribution in [0.5, 0.6) is 0 Å². The van der Waals surface area contributed by atoms with Crippen molar-refractivity contribution in [2.75, 3.05) is 29.5 Å². The van der Waals surface area contributed by atoms with Crippen molar-refractivity contribution in [3.63, 3.8) is 0 Å². The number of nitrogens with one attached hydrogen (secondary N) is 1. The second kappa shape index (κ2) is 9.19. The van der Waals surface area contributed by atoms with Gasteiger partial charge in [-0.1, -0.05) is 6.07 Å². The van der Waals surface area contributed by atoms with Gasteiger partial charge in [-0.15, -0.1) is 0 Å². The quantitative estimate of drug-likeness (QED) is 0.497. The fraction of sp³-hybridized carbons (Fsp3) is 0.478. The van der Waals surface area contributed by atoms with E-state index in [-0.39, 0.29) is 34.9 Å². The minimum Gasteiger partial charge on any atom is -0.372 e. The van der Waals surface area contributed by atoms with Crippen LogP contribution in [0.3, 0.4) is 0 Å². The van der Waals surface area contributed by atoms with Gasteiger partial charge in [-0.2, -0.15) is 5.26 Å². The maximum absolute atomic E-state index is 13.5. The highest BCUT2D eigenvalue weighted by Gasteiger charge is 2.30. The molecule has 2 aromatic rings. The SMILES string of the molecule is Cc1cccn2c(=O)c(/C=C(\C#N)C(=O)N[C@H]3CCS(=O)(=O)C3)c(N3C[C@@H](C)O[C@@H](C)C3)nc12. The number of pyridine rings is 1. The molecular weight excluding hydrogens is 458 g/mol. The van der Waals surface area contributed by atoms with E-state index in [0.717, 1.165) is 5.56 Å². The second-order valence-corrected chi connectivity index (χ2v) is 11.2. The van der Waals surface area contributed by atoms with Crippen molar-refractivity contribution in [2.24, 2.45) is 0 Å². The van der Waals surface area contributed by atoms with Gasteiger partial charge in [0.25, 0.3) is 11.5 Å². The maximum Gasteiger partial charge on any atom is 0.267 e. The Balaban J connectivity index is 1.80. The number of carbonyl (C=O) groups excluding carboxylic acids is 1. The molecule has 3 atom stereocenters. The third kappa shape index (κ3) is 4.83. The van der Waals surface area contributed by atoms with Crippen LogP contribution in [0.15, 0.2) is 28.7 Å². The van der Waals surface area contributed by atoms with Gasteiger partial charge in [0.1, 0.15) is 23.1 Å². The van der Waals surface area contributed by atoms with Crippen LogP contribution in [-0.4, -0.2) is 66.6 Å². The molecule has 2 fully saturated rings. The van der Waals surface area contributed by atoms with Gasteiger partial charge in [-0.05, 0) is 44.9 Å². The lowest BCUT2D eigenvalue weighted by atomic mass is 10.1. The number of nitriles is 1. The van der Waals surface area contributed by atoms with Crippen molar-refractivity contribution >= 4 is 33.3 Å². The molecule has 2 aliphatic heterocycles. The van der Waals surface area contributed by atoms with Gasteiger partial charge in [0, 0.05) is 25.3 Å². The fourth-order valence-electron chi connectivity index (χ4n) is 4.48. The number of carbonyl (C=O) groups is 1. The Morgan fingerprint density at radius 1 is 1.32 bits per heavy atom. The number of hydrogen-bond donors (Lipinski definition) is 1. The summed E-state index contributed by atoms with van der Waals surface area (Å²) in [7, 11) is -3.20. The molecule has 2 aromatic heterocycles. The van der Waals surface area contributed by atoms with E-state index in [9.17, 15) is 23.3 Å². The van der Waals surface area contributed by atoms with E-state index < -0.39 is 27.3 Å². The van der Waals surface area contributed by atoms with Crippen molar-refractivity contribution in [1.82, 2.24) is 14.7 Å². The molecule has 0 aromatic carbocycles. The summed E-state index contributed by atoms with van der Waals surface area (Å²) in [5.41, 5.74) is 0.734. The summed E-state index contributed by atoms with van der Waals surface area (Å²) >= 11 is 0. The van der Waals surface area contributed by atoms with Crippen LogP contribution in [0.25, 0.3) is 11.7 Å². The molecule has 4 heterocycles. The van der Waals surface area contributed by atoms with Crippen LogP contribution in [0, 0.1) is 18.3 Å². The monoisotopic (exact) mass is 485 g/mol. The van der Waals surface area contributed by atoms with Crippen molar-refractivity contribution < 1.29 is 17.9 Å². The first-order valence-electron chi connectivity index (χ1n) is 11.1. The number of ether oxygens (including phenoxy) is 1. The van der Waals surface area contributed by atoms with Gasteiger partial charge in [-0.25, -0.2) is 13.4 Å².